The molecule has 0 aliphatic rings. The van der Waals surface area contributed by atoms with E-state index in [0.29, 0.717) is 11.7 Å². The Bertz CT molecular complexity index is 1200. The summed E-state index contributed by atoms with van der Waals surface area (Å²) in [5.74, 6) is 2.60. The van der Waals surface area contributed by atoms with Gasteiger partial charge in [0.05, 0.1) is 20.4 Å². The molecule has 0 fully saturated rings. The standard InChI is InChI=1S/C24H26N4O2/c1-15(2)17-7-6-8-18(12-17)20-14-25-28-10-9-22(27-24(20)28)26-19-11-16(3)23(30-5)21(13-19)29-4/h6-15H,1-5H3,(H,26,27). The Morgan fingerprint density at radius 2 is 1.87 bits per heavy atom. The van der Waals surface area contributed by atoms with Crippen molar-refractivity contribution in [1.29, 1.82) is 0 Å². The average molecular weight is 402 g/mol. The fourth-order valence-corrected chi connectivity index (χ4v) is 3.58. The van der Waals surface area contributed by atoms with Crippen molar-refractivity contribution in [3.05, 3.63) is 66.0 Å². The maximum Gasteiger partial charge on any atom is 0.165 e. The summed E-state index contributed by atoms with van der Waals surface area (Å²) in [6.45, 7) is 6.38. The number of hydrogen-bond donors (Lipinski definition) is 1. The van der Waals surface area contributed by atoms with Gasteiger partial charge in [-0.2, -0.15) is 5.10 Å². The highest BCUT2D eigenvalue weighted by Gasteiger charge is 2.13. The van der Waals surface area contributed by atoms with Crippen LogP contribution in [0.25, 0.3) is 16.8 Å². The summed E-state index contributed by atoms with van der Waals surface area (Å²) in [6.07, 6.45) is 3.78. The van der Waals surface area contributed by atoms with Crippen molar-refractivity contribution in [2.45, 2.75) is 26.7 Å². The van der Waals surface area contributed by atoms with E-state index in [0.717, 1.165) is 39.6 Å². The molecule has 0 radical (unpaired) electrons. The van der Waals surface area contributed by atoms with Crippen LogP contribution >= 0.6 is 0 Å². The molecule has 2 heterocycles. The molecule has 0 spiro atoms. The van der Waals surface area contributed by atoms with Crippen molar-refractivity contribution in [3.63, 3.8) is 0 Å². The fourth-order valence-electron chi connectivity index (χ4n) is 3.58. The molecule has 30 heavy (non-hydrogen) atoms. The van der Waals surface area contributed by atoms with E-state index in [-0.39, 0.29) is 0 Å². The normalized spacial score (nSPS) is 11.1. The van der Waals surface area contributed by atoms with Crippen LogP contribution in [-0.4, -0.2) is 28.8 Å². The third-order valence-corrected chi connectivity index (χ3v) is 5.17. The number of anilines is 2. The largest absolute Gasteiger partial charge is 0.493 e. The minimum Gasteiger partial charge on any atom is -0.493 e. The van der Waals surface area contributed by atoms with Gasteiger partial charge < -0.3 is 14.8 Å². The number of aryl methyl sites for hydroxylation is 1. The zero-order chi connectivity index (χ0) is 21.3. The van der Waals surface area contributed by atoms with Gasteiger partial charge in [0, 0.05) is 23.5 Å². The van der Waals surface area contributed by atoms with E-state index in [1.165, 1.54) is 5.56 Å². The smallest absolute Gasteiger partial charge is 0.165 e. The molecule has 0 saturated heterocycles. The Morgan fingerprint density at radius 3 is 2.60 bits per heavy atom. The molecule has 154 valence electrons. The van der Waals surface area contributed by atoms with Crippen LogP contribution in [0.2, 0.25) is 0 Å². The Balaban J connectivity index is 1.72. The second kappa shape index (κ2) is 8.06. The monoisotopic (exact) mass is 402 g/mol. The van der Waals surface area contributed by atoms with Crippen LogP contribution in [0, 0.1) is 6.92 Å². The highest BCUT2D eigenvalue weighted by molar-refractivity contribution is 5.78. The molecule has 0 atom stereocenters. The third kappa shape index (κ3) is 3.68. The van der Waals surface area contributed by atoms with Crippen molar-refractivity contribution in [2.75, 3.05) is 19.5 Å². The van der Waals surface area contributed by atoms with Crippen LogP contribution in [0.1, 0.15) is 30.9 Å². The highest BCUT2D eigenvalue weighted by Crippen LogP contribution is 2.35. The van der Waals surface area contributed by atoms with Gasteiger partial charge in [-0.15, -0.1) is 0 Å². The number of aromatic nitrogens is 3. The summed E-state index contributed by atoms with van der Waals surface area (Å²) in [6, 6.07) is 14.4. The van der Waals surface area contributed by atoms with Crippen LogP contribution in [0.5, 0.6) is 11.5 Å². The van der Waals surface area contributed by atoms with Gasteiger partial charge in [0.25, 0.3) is 0 Å². The summed E-state index contributed by atoms with van der Waals surface area (Å²) in [5.41, 5.74) is 6.08. The van der Waals surface area contributed by atoms with Crippen LogP contribution in [0.3, 0.4) is 0 Å². The van der Waals surface area contributed by atoms with E-state index in [2.05, 4.69) is 48.5 Å². The molecular weight excluding hydrogens is 376 g/mol. The molecule has 6 heteroatoms. The molecule has 1 N–H and O–H groups in total. The third-order valence-electron chi connectivity index (χ3n) is 5.17. The van der Waals surface area contributed by atoms with E-state index in [9.17, 15) is 0 Å². The van der Waals surface area contributed by atoms with Crippen LogP contribution in [0.4, 0.5) is 11.5 Å². The van der Waals surface area contributed by atoms with Gasteiger partial charge >= 0.3 is 0 Å². The number of rotatable bonds is 6. The van der Waals surface area contributed by atoms with Crippen LogP contribution in [-0.2, 0) is 0 Å². The van der Waals surface area contributed by atoms with Crippen LogP contribution < -0.4 is 14.8 Å². The lowest BCUT2D eigenvalue weighted by molar-refractivity contribution is 0.353. The summed E-state index contributed by atoms with van der Waals surface area (Å²) in [7, 11) is 3.28. The molecule has 0 unspecified atom stereocenters. The first-order chi connectivity index (χ1) is 14.5. The summed E-state index contributed by atoms with van der Waals surface area (Å²) in [4.78, 5) is 4.83. The quantitative estimate of drug-likeness (QED) is 0.456. The highest BCUT2D eigenvalue weighted by atomic mass is 16.5. The first-order valence-electron chi connectivity index (χ1n) is 9.94. The molecule has 2 aromatic carbocycles. The Kier molecular flexibility index (Phi) is 5.31. The van der Waals surface area contributed by atoms with Gasteiger partial charge in [0.1, 0.15) is 5.82 Å². The second-order valence-electron chi connectivity index (χ2n) is 7.57. The average Bonchev–Trinajstić information content (AvgIpc) is 3.16. The first kappa shape index (κ1) is 19.8. The van der Waals surface area contributed by atoms with Crippen molar-refractivity contribution in [3.8, 4) is 22.6 Å². The number of nitrogens with one attached hydrogen (secondary N) is 1. The van der Waals surface area contributed by atoms with Crippen molar-refractivity contribution in [2.24, 2.45) is 0 Å². The number of benzene rings is 2. The molecular formula is C24H26N4O2. The predicted octanol–water partition coefficient (Wildman–Crippen LogP) is 5.59. The van der Waals surface area contributed by atoms with E-state index < -0.39 is 0 Å². The second-order valence-corrected chi connectivity index (χ2v) is 7.57. The van der Waals surface area contributed by atoms with Gasteiger partial charge in [0.2, 0.25) is 0 Å². The Labute approximate surface area is 176 Å². The molecule has 0 aliphatic carbocycles. The van der Waals surface area contributed by atoms with E-state index in [1.807, 2.05) is 37.5 Å². The summed E-state index contributed by atoms with van der Waals surface area (Å²) < 4.78 is 12.7. The maximum absolute atomic E-state index is 5.46. The summed E-state index contributed by atoms with van der Waals surface area (Å²) in [5, 5.41) is 7.84. The zero-order valence-electron chi connectivity index (χ0n) is 17.9. The maximum atomic E-state index is 5.46. The zero-order valence-corrected chi connectivity index (χ0v) is 17.9. The Morgan fingerprint density at radius 1 is 1.03 bits per heavy atom. The number of hydrogen-bond acceptors (Lipinski definition) is 5. The molecule has 2 aromatic heterocycles. The number of ether oxygens (including phenoxy) is 2. The summed E-state index contributed by atoms with van der Waals surface area (Å²) >= 11 is 0. The number of nitrogens with zero attached hydrogens (tertiary/aromatic N) is 3. The number of methoxy groups -OCH3 is 2. The lowest BCUT2D eigenvalue weighted by atomic mass is 9.99. The molecule has 0 amide bonds. The lowest BCUT2D eigenvalue weighted by Crippen LogP contribution is -2.00. The van der Waals surface area contributed by atoms with E-state index in [1.54, 1.807) is 18.7 Å². The van der Waals surface area contributed by atoms with Gasteiger partial charge in [-0.05, 0) is 41.7 Å². The molecule has 4 aromatic rings. The minimum atomic E-state index is 0.463. The predicted molar refractivity (Wildman–Crippen MR) is 120 cm³/mol. The molecule has 0 bridgehead atoms. The minimum absolute atomic E-state index is 0.463. The fraction of sp³-hybridized carbons (Fsp3) is 0.250. The molecule has 0 saturated carbocycles. The molecule has 4 rings (SSSR count). The number of fused-ring (bicyclic) bond motifs is 1. The topological polar surface area (TPSA) is 60.7 Å². The van der Waals surface area contributed by atoms with E-state index in [4.69, 9.17) is 14.5 Å². The molecule has 0 aliphatic heterocycles. The van der Waals surface area contributed by atoms with Gasteiger partial charge in [-0.25, -0.2) is 9.50 Å². The van der Waals surface area contributed by atoms with Gasteiger partial charge in [-0.1, -0.05) is 38.1 Å². The lowest BCUT2D eigenvalue weighted by Gasteiger charge is -2.14. The first-order valence-corrected chi connectivity index (χ1v) is 9.94. The van der Waals surface area contributed by atoms with Crippen molar-refractivity contribution in [1.82, 2.24) is 14.6 Å². The SMILES string of the molecule is COc1cc(Nc2ccn3ncc(-c4cccc(C(C)C)c4)c3n2)cc(C)c1OC. The Hall–Kier alpha value is -3.54. The van der Waals surface area contributed by atoms with E-state index >= 15 is 0 Å². The van der Waals surface area contributed by atoms with Gasteiger partial charge in [-0.3, -0.25) is 0 Å². The van der Waals surface area contributed by atoms with Gasteiger partial charge in [0.15, 0.2) is 17.1 Å². The molecule has 6 nitrogen and oxygen atoms in total. The van der Waals surface area contributed by atoms with Crippen LogP contribution in [0.15, 0.2) is 54.9 Å². The van der Waals surface area contributed by atoms with Crippen molar-refractivity contribution >= 4 is 17.2 Å². The van der Waals surface area contributed by atoms with Crippen molar-refractivity contribution < 1.29 is 9.47 Å².